The summed E-state index contributed by atoms with van der Waals surface area (Å²) in [4.78, 5) is 10.4. The summed E-state index contributed by atoms with van der Waals surface area (Å²) in [5.74, 6) is 0. The van der Waals surface area contributed by atoms with E-state index in [2.05, 4.69) is 135 Å². The Labute approximate surface area is 293 Å². The Balaban J connectivity index is 1.12. The maximum Gasteiger partial charge on any atom is 0.0991 e. The van der Waals surface area contributed by atoms with Gasteiger partial charge in [-0.05, 0) is 81.9 Å². The van der Waals surface area contributed by atoms with Gasteiger partial charge in [0.2, 0.25) is 0 Å². The SMILES string of the molecule is CC1(C)c2cc(C#N)ccc2-c2ccc(-c3cccc4sc5ccc(-c6ccc7ccc8ccc(-c9ccccc9)nc8c7n6)cc5c34)cc21. The fourth-order valence-corrected chi connectivity index (χ4v) is 9.01. The van der Waals surface area contributed by atoms with E-state index in [0.717, 1.165) is 44.3 Å². The topological polar surface area (TPSA) is 49.6 Å². The van der Waals surface area contributed by atoms with Crippen molar-refractivity contribution in [3.05, 3.63) is 156 Å². The van der Waals surface area contributed by atoms with E-state index >= 15 is 0 Å². The Morgan fingerprint density at radius 2 is 1.20 bits per heavy atom. The van der Waals surface area contributed by atoms with Crippen LogP contribution in [-0.2, 0) is 5.41 Å². The normalized spacial score (nSPS) is 13.1. The van der Waals surface area contributed by atoms with Crippen LogP contribution in [0.15, 0.2) is 140 Å². The molecule has 0 atom stereocenters. The number of hydrogen-bond donors (Lipinski definition) is 0. The first-order valence-electron chi connectivity index (χ1n) is 16.9. The molecule has 1 aliphatic rings. The lowest BCUT2D eigenvalue weighted by Crippen LogP contribution is -2.15. The molecule has 0 saturated heterocycles. The molecule has 0 aliphatic heterocycles. The maximum atomic E-state index is 9.59. The molecule has 9 aromatic rings. The molecule has 3 nitrogen and oxygen atoms in total. The molecule has 1 aliphatic carbocycles. The van der Waals surface area contributed by atoms with Crippen molar-refractivity contribution in [1.82, 2.24) is 9.97 Å². The van der Waals surface area contributed by atoms with Crippen molar-refractivity contribution in [1.29, 1.82) is 5.26 Å². The van der Waals surface area contributed by atoms with Crippen molar-refractivity contribution >= 4 is 53.3 Å². The van der Waals surface area contributed by atoms with Crippen molar-refractivity contribution in [2.75, 3.05) is 0 Å². The highest BCUT2D eigenvalue weighted by molar-refractivity contribution is 7.26. The predicted molar refractivity (Wildman–Crippen MR) is 209 cm³/mol. The average Bonchev–Trinajstić information content (AvgIpc) is 3.65. The van der Waals surface area contributed by atoms with Gasteiger partial charge in [0, 0.05) is 47.5 Å². The van der Waals surface area contributed by atoms with Crippen LogP contribution in [0.5, 0.6) is 0 Å². The number of nitrogens with zero attached hydrogens (tertiary/aromatic N) is 3. The third-order valence-electron chi connectivity index (χ3n) is 10.5. The molecule has 0 amide bonds. The van der Waals surface area contributed by atoms with E-state index < -0.39 is 0 Å². The highest BCUT2D eigenvalue weighted by Crippen LogP contribution is 2.51. The number of fused-ring (bicyclic) bond motifs is 9. The van der Waals surface area contributed by atoms with E-state index in [1.165, 1.54) is 53.6 Å². The molecular formula is C46H29N3S. The van der Waals surface area contributed by atoms with Crippen molar-refractivity contribution in [2.24, 2.45) is 0 Å². The van der Waals surface area contributed by atoms with Gasteiger partial charge < -0.3 is 0 Å². The van der Waals surface area contributed by atoms with Gasteiger partial charge in [-0.25, -0.2) is 9.97 Å². The van der Waals surface area contributed by atoms with Crippen LogP contribution in [0.25, 0.3) is 86.7 Å². The van der Waals surface area contributed by atoms with Crippen molar-refractivity contribution in [3.63, 3.8) is 0 Å². The van der Waals surface area contributed by atoms with E-state index in [1.54, 1.807) is 0 Å². The zero-order valence-corrected chi connectivity index (χ0v) is 28.3. The van der Waals surface area contributed by atoms with Crippen LogP contribution >= 0.6 is 11.3 Å². The summed E-state index contributed by atoms with van der Waals surface area (Å²) in [5.41, 5.74) is 13.8. The summed E-state index contributed by atoms with van der Waals surface area (Å²) in [6.45, 7) is 4.54. The largest absolute Gasteiger partial charge is 0.245 e. The lowest BCUT2D eigenvalue weighted by atomic mass is 9.81. The van der Waals surface area contributed by atoms with Gasteiger partial charge in [-0.3, -0.25) is 0 Å². The molecule has 0 radical (unpaired) electrons. The summed E-state index contributed by atoms with van der Waals surface area (Å²) >= 11 is 1.84. The van der Waals surface area contributed by atoms with Crippen LogP contribution in [0, 0.1) is 11.3 Å². The Morgan fingerprint density at radius 1 is 0.540 bits per heavy atom. The first-order chi connectivity index (χ1) is 24.5. The van der Waals surface area contributed by atoms with Crippen LogP contribution in [-0.4, -0.2) is 9.97 Å². The molecule has 0 spiro atoms. The summed E-state index contributed by atoms with van der Waals surface area (Å²) in [7, 11) is 0. The fraction of sp³-hybridized carbons (Fsp3) is 0.0652. The minimum Gasteiger partial charge on any atom is -0.245 e. The molecule has 0 N–H and O–H groups in total. The van der Waals surface area contributed by atoms with Gasteiger partial charge in [-0.2, -0.15) is 5.26 Å². The van der Waals surface area contributed by atoms with Crippen molar-refractivity contribution in [3.8, 4) is 50.8 Å². The van der Waals surface area contributed by atoms with Gasteiger partial charge in [0.25, 0.3) is 0 Å². The summed E-state index contributed by atoms with van der Waals surface area (Å²) in [5, 5.41) is 14.3. The number of aromatic nitrogens is 2. The first-order valence-corrected chi connectivity index (χ1v) is 17.7. The van der Waals surface area contributed by atoms with E-state index in [1.807, 2.05) is 35.6 Å². The van der Waals surface area contributed by atoms with Gasteiger partial charge in [0.15, 0.2) is 0 Å². The number of nitriles is 1. The van der Waals surface area contributed by atoms with Crippen LogP contribution in [0.4, 0.5) is 0 Å². The van der Waals surface area contributed by atoms with E-state index in [9.17, 15) is 5.26 Å². The third kappa shape index (κ3) is 4.27. The lowest BCUT2D eigenvalue weighted by Gasteiger charge is -2.22. The first kappa shape index (κ1) is 28.8. The summed E-state index contributed by atoms with van der Waals surface area (Å²) < 4.78 is 2.53. The van der Waals surface area contributed by atoms with Crippen LogP contribution in [0.1, 0.15) is 30.5 Å². The van der Waals surface area contributed by atoms with Gasteiger partial charge in [0.1, 0.15) is 0 Å². The molecule has 0 saturated carbocycles. The van der Waals surface area contributed by atoms with Gasteiger partial charge in [-0.1, -0.05) is 105 Å². The second kappa shape index (κ2) is 10.7. The smallest absolute Gasteiger partial charge is 0.0991 e. The molecule has 0 unspecified atom stereocenters. The highest BCUT2D eigenvalue weighted by Gasteiger charge is 2.36. The van der Waals surface area contributed by atoms with Gasteiger partial charge in [0.05, 0.1) is 34.1 Å². The molecule has 0 fully saturated rings. The van der Waals surface area contributed by atoms with Gasteiger partial charge >= 0.3 is 0 Å². The molecule has 6 aromatic carbocycles. The Kier molecular flexibility index (Phi) is 6.15. The maximum absolute atomic E-state index is 9.59. The average molecular weight is 656 g/mol. The van der Waals surface area contributed by atoms with Gasteiger partial charge in [-0.15, -0.1) is 11.3 Å². The number of pyridine rings is 2. The van der Waals surface area contributed by atoms with Crippen LogP contribution in [0.3, 0.4) is 0 Å². The third-order valence-corrected chi connectivity index (χ3v) is 11.6. The minimum absolute atomic E-state index is 0.200. The zero-order valence-electron chi connectivity index (χ0n) is 27.5. The second-order valence-electron chi connectivity index (χ2n) is 13.7. The van der Waals surface area contributed by atoms with Crippen molar-refractivity contribution in [2.45, 2.75) is 19.3 Å². The predicted octanol–water partition coefficient (Wildman–Crippen LogP) is 12.3. The number of thiophene rings is 1. The molecule has 4 heteroatoms. The fourth-order valence-electron chi connectivity index (χ4n) is 7.90. The number of benzene rings is 6. The van der Waals surface area contributed by atoms with E-state index in [0.29, 0.717) is 5.56 Å². The van der Waals surface area contributed by atoms with Crippen LogP contribution in [0.2, 0.25) is 0 Å². The van der Waals surface area contributed by atoms with E-state index in [-0.39, 0.29) is 5.41 Å². The Hall–Kier alpha value is -6.15. The summed E-state index contributed by atoms with van der Waals surface area (Å²) in [6.07, 6.45) is 0. The number of hydrogen-bond acceptors (Lipinski definition) is 4. The standard InChI is InChI=1S/C46H29N3S/c1-46(2)37-23-27(26-47)11-18-34(37)35-19-14-31(25-38(35)46)33-9-6-10-42-43(33)36-24-32(17-22-41(36)50-42)40-21-16-30-13-12-29-15-20-39(28-7-4-3-5-8-28)48-44(29)45(30)49-40/h3-25H,1-2H3. The van der Waals surface area contributed by atoms with E-state index in [4.69, 9.17) is 9.97 Å². The molecule has 3 heterocycles. The monoisotopic (exact) mass is 655 g/mol. The number of rotatable bonds is 3. The minimum atomic E-state index is -0.200. The lowest BCUT2D eigenvalue weighted by molar-refractivity contribution is 0.660. The highest BCUT2D eigenvalue weighted by atomic mass is 32.1. The van der Waals surface area contributed by atoms with Crippen molar-refractivity contribution < 1.29 is 0 Å². The molecule has 50 heavy (non-hydrogen) atoms. The summed E-state index contributed by atoms with van der Waals surface area (Å²) in [6, 6.07) is 51.9. The second-order valence-corrected chi connectivity index (χ2v) is 14.8. The Bertz CT molecular complexity index is 2910. The molecule has 234 valence electrons. The molecule has 10 rings (SSSR count). The Morgan fingerprint density at radius 3 is 1.94 bits per heavy atom. The molecular weight excluding hydrogens is 627 g/mol. The quantitative estimate of drug-likeness (QED) is 0.178. The van der Waals surface area contributed by atoms with Crippen LogP contribution < -0.4 is 0 Å². The zero-order chi connectivity index (χ0) is 33.6. The molecule has 0 bridgehead atoms. The molecule has 3 aromatic heterocycles.